The number of nitrogens with one attached hydrogen (secondary N) is 1. The molecule has 1 fully saturated rings. The summed E-state index contributed by atoms with van der Waals surface area (Å²) in [4.78, 5) is 5.53. The van der Waals surface area contributed by atoms with E-state index in [-0.39, 0.29) is 18.7 Å². The monoisotopic (exact) mass is 340 g/mol. The van der Waals surface area contributed by atoms with E-state index in [1.54, 1.807) is 12.1 Å². The van der Waals surface area contributed by atoms with Crippen molar-refractivity contribution in [2.24, 2.45) is 0 Å². The van der Waals surface area contributed by atoms with Gasteiger partial charge in [-0.05, 0) is 30.4 Å². The largest absolute Gasteiger partial charge is 0.297 e. The Kier molecular flexibility index (Phi) is 5.84. The summed E-state index contributed by atoms with van der Waals surface area (Å²) in [6.45, 7) is 8.31. The minimum atomic E-state index is -3.44. The highest BCUT2D eigenvalue weighted by molar-refractivity contribution is 7.90. The third-order valence-corrected chi connectivity index (χ3v) is 6.43. The van der Waals surface area contributed by atoms with E-state index in [0.29, 0.717) is 5.92 Å². The average Bonchev–Trinajstić information content (AvgIpc) is 2.89. The molecule has 0 amide bonds. The van der Waals surface area contributed by atoms with Gasteiger partial charge in [-0.1, -0.05) is 45.0 Å². The maximum atomic E-state index is 12.7. The lowest BCUT2D eigenvalue weighted by atomic mass is 9.98. The number of hydroxylamine groups is 2. The summed E-state index contributed by atoms with van der Waals surface area (Å²) in [6, 6.07) is 7.79. The number of hydrogen-bond donors (Lipinski definition) is 1. The average molecular weight is 340 g/mol. The summed E-state index contributed by atoms with van der Waals surface area (Å²) in [5.74, 6) is 0.452. The Morgan fingerprint density at radius 1 is 1.26 bits per heavy atom. The molecule has 1 aromatic rings. The molecule has 6 heteroatoms. The molecular weight excluding hydrogens is 312 g/mol. The number of hydrogen-bond acceptors (Lipinski definition) is 4. The van der Waals surface area contributed by atoms with E-state index in [0.717, 1.165) is 12.0 Å². The molecule has 3 atom stereocenters. The molecule has 0 unspecified atom stereocenters. The van der Waals surface area contributed by atoms with Crippen molar-refractivity contribution in [3.8, 4) is 0 Å². The van der Waals surface area contributed by atoms with Crippen LogP contribution in [0, 0.1) is 0 Å². The summed E-state index contributed by atoms with van der Waals surface area (Å²) in [5.41, 5.74) is 2.21. The molecule has 0 bridgehead atoms. The third-order valence-electron chi connectivity index (χ3n) is 4.51. The quantitative estimate of drug-likeness (QED) is 0.865. The van der Waals surface area contributed by atoms with E-state index in [1.165, 1.54) is 5.56 Å². The number of benzene rings is 1. The molecule has 1 N–H and O–H groups in total. The van der Waals surface area contributed by atoms with Crippen LogP contribution in [-0.2, 0) is 14.9 Å². The third kappa shape index (κ3) is 4.12. The fourth-order valence-electron chi connectivity index (χ4n) is 2.81. The molecule has 1 heterocycles. The van der Waals surface area contributed by atoms with Crippen LogP contribution < -0.4 is 4.72 Å². The number of sulfonamides is 1. The first-order chi connectivity index (χ1) is 10.8. The molecule has 0 radical (unpaired) electrons. The van der Waals surface area contributed by atoms with Crippen LogP contribution in [0.1, 0.15) is 57.2 Å². The van der Waals surface area contributed by atoms with E-state index in [1.807, 2.05) is 26.0 Å². The van der Waals surface area contributed by atoms with Gasteiger partial charge in [-0.3, -0.25) is 4.84 Å². The molecule has 2 rings (SSSR count). The summed E-state index contributed by atoms with van der Waals surface area (Å²) in [6.07, 6.45) is 0.760. The molecule has 1 aliphatic heterocycles. The van der Waals surface area contributed by atoms with E-state index in [9.17, 15) is 8.42 Å². The Morgan fingerprint density at radius 3 is 2.39 bits per heavy atom. The second-order valence-electron chi connectivity index (χ2n) is 6.62. The maximum Gasteiger partial charge on any atom is 0.219 e. The first-order valence-corrected chi connectivity index (χ1v) is 9.77. The van der Waals surface area contributed by atoms with Crippen molar-refractivity contribution in [3.63, 3.8) is 0 Å². The molecular formula is C17H28N2O3S. The van der Waals surface area contributed by atoms with E-state index in [4.69, 9.17) is 4.84 Å². The predicted molar refractivity (Wildman–Crippen MR) is 92.6 cm³/mol. The highest BCUT2D eigenvalue weighted by atomic mass is 32.2. The van der Waals surface area contributed by atoms with Crippen LogP contribution in [-0.4, -0.2) is 38.4 Å². The van der Waals surface area contributed by atoms with Crippen LogP contribution in [0.15, 0.2) is 24.3 Å². The van der Waals surface area contributed by atoms with Crippen molar-refractivity contribution >= 4 is 10.0 Å². The van der Waals surface area contributed by atoms with Gasteiger partial charge in [0.25, 0.3) is 0 Å². The standard InChI is InChI=1S/C17H28N2O3S/c1-6-13(4)18-23(20,21)16-11-22-19(5)17(16)15-9-7-14(8-10-15)12(2)3/h7-10,12-13,16-18H,6,11H2,1-5H3/t13-,16-,17-/m0/s1. The van der Waals surface area contributed by atoms with E-state index < -0.39 is 15.3 Å². The number of rotatable bonds is 6. The SMILES string of the molecule is CC[C@H](C)NS(=O)(=O)[C@H]1CON(C)[C@H]1c1ccc(C(C)C)cc1. The Labute approximate surface area is 140 Å². The van der Waals surface area contributed by atoms with Crippen molar-refractivity contribution in [1.82, 2.24) is 9.79 Å². The Hall–Kier alpha value is -0.950. The number of nitrogens with zero attached hydrogens (tertiary/aromatic N) is 1. The minimum Gasteiger partial charge on any atom is -0.297 e. The molecule has 0 saturated carbocycles. The van der Waals surface area contributed by atoms with Crippen molar-refractivity contribution in [3.05, 3.63) is 35.4 Å². The van der Waals surface area contributed by atoms with Gasteiger partial charge in [0.1, 0.15) is 5.25 Å². The van der Waals surface area contributed by atoms with Gasteiger partial charge < -0.3 is 0 Å². The smallest absolute Gasteiger partial charge is 0.219 e. The van der Waals surface area contributed by atoms with Crippen molar-refractivity contribution in [2.75, 3.05) is 13.7 Å². The zero-order chi connectivity index (χ0) is 17.2. The topological polar surface area (TPSA) is 58.6 Å². The van der Waals surface area contributed by atoms with Gasteiger partial charge in [0.05, 0.1) is 12.6 Å². The van der Waals surface area contributed by atoms with Gasteiger partial charge in [0, 0.05) is 13.1 Å². The molecule has 130 valence electrons. The Morgan fingerprint density at radius 2 is 1.87 bits per heavy atom. The normalized spacial score (nSPS) is 24.3. The Balaban J connectivity index is 2.27. The van der Waals surface area contributed by atoms with Crippen LogP contribution in [0.5, 0.6) is 0 Å². The molecule has 1 saturated heterocycles. The summed E-state index contributed by atoms with van der Waals surface area (Å²) >= 11 is 0. The lowest BCUT2D eigenvalue weighted by Crippen LogP contribution is -2.42. The van der Waals surface area contributed by atoms with Crippen LogP contribution in [0.4, 0.5) is 0 Å². The van der Waals surface area contributed by atoms with Crippen LogP contribution in [0.2, 0.25) is 0 Å². The van der Waals surface area contributed by atoms with Crippen molar-refractivity contribution in [1.29, 1.82) is 0 Å². The minimum absolute atomic E-state index is 0.0742. The van der Waals surface area contributed by atoms with Gasteiger partial charge in [0.15, 0.2) is 0 Å². The molecule has 1 aliphatic rings. The van der Waals surface area contributed by atoms with E-state index in [2.05, 4.69) is 30.7 Å². The summed E-state index contributed by atoms with van der Waals surface area (Å²) in [7, 11) is -1.65. The molecule has 0 spiro atoms. The predicted octanol–water partition coefficient (Wildman–Crippen LogP) is 2.81. The second kappa shape index (κ2) is 7.30. The first-order valence-electron chi connectivity index (χ1n) is 8.23. The van der Waals surface area contributed by atoms with Crippen molar-refractivity contribution in [2.45, 2.75) is 57.4 Å². The van der Waals surface area contributed by atoms with Gasteiger partial charge in [-0.15, -0.1) is 0 Å². The zero-order valence-corrected chi connectivity index (χ0v) is 15.4. The summed E-state index contributed by atoms with van der Waals surface area (Å²) in [5, 5.41) is 1.05. The molecule has 0 aliphatic carbocycles. The van der Waals surface area contributed by atoms with Crippen LogP contribution in [0.25, 0.3) is 0 Å². The fraction of sp³-hybridized carbons (Fsp3) is 0.647. The molecule has 0 aromatic heterocycles. The molecule has 1 aromatic carbocycles. The van der Waals surface area contributed by atoms with Crippen LogP contribution in [0.3, 0.4) is 0 Å². The molecule has 5 nitrogen and oxygen atoms in total. The summed E-state index contributed by atoms with van der Waals surface area (Å²) < 4.78 is 28.1. The van der Waals surface area contributed by atoms with Crippen molar-refractivity contribution < 1.29 is 13.3 Å². The van der Waals surface area contributed by atoms with Gasteiger partial charge in [-0.2, -0.15) is 5.06 Å². The highest BCUT2D eigenvalue weighted by Gasteiger charge is 2.43. The lowest BCUT2D eigenvalue weighted by molar-refractivity contribution is -0.110. The lowest BCUT2D eigenvalue weighted by Gasteiger charge is -2.24. The van der Waals surface area contributed by atoms with Gasteiger partial charge in [0.2, 0.25) is 10.0 Å². The fourth-order valence-corrected chi connectivity index (χ4v) is 4.62. The zero-order valence-electron chi connectivity index (χ0n) is 14.6. The first kappa shape index (κ1) is 18.4. The Bertz CT molecular complexity index is 613. The van der Waals surface area contributed by atoms with Gasteiger partial charge >= 0.3 is 0 Å². The van der Waals surface area contributed by atoms with Gasteiger partial charge in [-0.25, -0.2) is 13.1 Å². The maximum absolute atomic E-state index is 12.7. The van der Waals surface area contributed by atoms with E-state index >= 15 is 0 Å². The second-order valence-corrected chi connectivity index (χ2v) is 8.55. The highest BCUT2D eigenvalue weighted by Crippen LogP contribution is 2.34. The molecule has 23 heavy (non-hydrogen) atoms. The van der Waals surface area contributed by atoms with Crippen LogP contribution >= 0.6 is 0 Å².